The molecule has 2 atom stereocenters. The van der Waals surface area contributed by atoms with Gasteiger partial charge in [-0.1, -0.05) is 38.8 Å². The minimum absolute atomic E-state index is 0.137. The molecule has 2 heteroatoms. The Morgan fingerprint density at radius 3 is 2.61 bits per heavy atom. The summed E-state index contributed by atoms with van der Waals surface area (Å²) >= 11 is 0. The number of anilines is 1. The van der Waals surface area contributed by atoms with Crippen molar-refractivity contribution in [2.24, 2.45) is 11.8 Å². The third-order valence-corrected chi connectivity index (χ3v) is 4.19. The van der Waals surface area contributed by atoms with Crippen LogP contribution in [0.15, 0.2) is 24.3 Å². The highest BCUT2D eigenvalue weighted by molar-refractivity contribution is 5.45. The van der Waals surface area contributed by atoms with E-state index in [0.29, 0.717) is 11.7 Å². The SMILES string of the molecule is CC(C)C1CCCC(Nc2ccccc2F)CC1. The van der Waals surface area contributed by atoms with E-state index in [2.05, 4.69) is 19.2 Å². The Morgan fingerprint density at radius 1 is 1.11 bits per heavy atom. The van der Waals surface area contributed by atoms with E-state index in [9.17, 15) is 4.39 Å². The molecule has 0 aliphatic heterocycles. The summed E-state index contributed by atoms with van der Waals surface area (Å²) in [6.45, 7) is 4.63. The van der Waals surface area contributed by atoms with Crippen LogP contribution in [0.4, 0.5) is 10.1 Å². The lowest BCUT2D eigenvalue weighted by Crippen LogP contribution is -2.19. The summed E-state index contributed by atoms with van der Waals surface area (Å²) in [4.78, 5) is 0. The molecule has 1 aromatic carbocycles. The third-order valence-electron chi connectivity index (χ3n) is 4.19. The lowest BCUT2D eigenvalue weighted by molar-refractivity contribution is 0.341. The molecule has 0 heterocycles. The first-order valence-corrected chi connectivity index (χ1v) is 7.18. The van der Waals surface area contributed by atoms with Crippen LogP contribution in [-0.2, 0) is 0 Å². The Balaban J connectivity index is 1.93. The molecule has 0 aromatic heterocycles. The predicted molar refractivity (Wildman–Crippen MR) is 75.2 cm³/mol. The van der Waals surface area contributed by atoms with Crippen LogP contribution in [0.1, 0.15) is 46.0 Å². The molecular weight excluding hydrogens is 225 g/mol. The van der Waals surface area contributed by atoms with E-state index >= 15 is 0 Å². The van der Waals surface area contributed by atoms with Crippen molar-refractivity contribution in [3.63, 3.8) is 0 Å². The fraction of sp³-hybridized carbons (Fsp3) is 0.625. The van der Waals surface area contributed by atoms with Crippen LogP contribution >= 0.6 is 0 Å². The molecule has 1 aliphatic rings. The summed E-state index contributed by atoms with van der Waals surface area (Å²) in [5.74, 6) is 1.48. The molecule has 2 unspecified atom stereocenters. The average Bonchev–Trinajstić information content (AvgIpc) is 2.58. The molecule has 1 N–H and O–H groups in total. The van der Waals surface area contributed by atoms with Gasteiger partial charge in [-0.25, -0.2) is 4.39 Å². The van der Waals surface area contributed by atoms with Crippen LogP contribution in [0.3, 0.4) is 0 Å². The molecule has 100 valence electrons. The highest BCUT2D eigenvalue weighted by atomic mass is 19.1. The van der Waals surface area contributed by atoms with Crippen molar-refractivity contribution in [3.8, 4) is 0 Å². The van der Waals surface area contributed by atoms with Crippen LogP contribution in [0, 0.1) is 17.7 Å². The van der Waals surface area contributed by atoms with E-state index < -0.39 is 0 Å². The van der Waals surface area contributed by atoms with Gasteiger partial charge in [0.1, 0.15) is 5.82 Å². The number of hydrogen-bond acceptors (Lipinski definition) is 1. The van der Waals surface area contributed by atoms with Crippen LogP contribution in [0.2, 0.25) is 0 Å². The number of halogens is 1. The maximum atomic E-state index is 13.6. The van der Waals surface area contributed by atoms with Crippen molar-refractivity contribution in [3.05, 3.63) is 30.1 Å². The van der Waals surface area contributed by atoms with Crippen LogP contribution in [0.25, 0.3) is 0 Å². The summed E-state index contributed by atoms with van der Waals surface area (Å²) in [5.41, 5.74) is 0.658. The predicted octanol–water partition coefficient (Wildman–Crippen LogP) is 4.84. The van der Waals surface area contributed by atoms with Gasteiger partial charge in [0.2, 0.25) is 0 Å². The van der Waals surface area contributed by atoms with Gasteiger partial charge in [0.25, 0.3) is 0 Å². The zero-order chi connectivity index (χ0) is 13.0. The van der Waals surface area contributed by atoms with Crippen molar-refractivity contribution < 1.29 is 4.39 Å². The Hall–Kier alpha value is -1.05. The molecule has 1 fully saturated rings. The second kappa shape index (κ2) is 6.21. The zero-order valence-corrected chi connectivity index (χ0v) is 11.5. The van der Waals surface area contributed by atoms with Gasteiger partial charge in [-0.05, 0) is 43.2 Å². The minimum atomic E-state index is -0.137. The van der Waals surface area contributed by atoms with Gasteiger partial charge >= 0.3 is 0 Å². The van der Waals surface area contributed by atoms with E-state index in [1.54, 1.807) is 6.07 Å². The number of rotatable bonds is 3. The monoisotopic (exact) mass is 249 g/mol. The fourth-order valence-corrected chi connectivity index (χ4v) is 2.94. The Morgan fingerprint density at radius 2 is 1.89 bits per heavy atom. The van der Waals surface area contributed by atoms with E-state index in [-0.39, 0.29) is 5.82 Å². The lowest BCUT2D eigenvalue weighted by Gasteiger charge is -2.20. The fourth-order valence-electron chi connectivity index (χ4n) is 2.94. The van der Waals surface area contributed by atoms with Crippen LogP contribution in [-0.4, -0.2) is 6.04 Å². The maximum absolute atomic E-state index is 13.6. The quantitative estimate of drug-likeness (QED) is 0.756. The van der Waals surface area contributed by atoms with Gasteiger partial charge in [-0.2, -0.15) is 0 Å². The third kappa shape index (κ3) is 3.47. The second-order valence-corrected chi connectivity index (χ2v) is 5.83. The van der Waals surface area contributed by atoms with Gasteiger partial charge in [-0.3, -0.25) is 0 Å². The zero-order valence-electron chi connectivity index (χ0n) is 11.5. The first-order valence-electron chi connectivity index (χ1n) is 7.18. The molecule has 1 aromatic rings. The molecule has 1 aliphatic carbocycles. The average molecular weight is 249 g/mol. The van der Waals surface area contributed by atoms with E-state index in [1.807, 2.05) is 12.1 Å². The van der Waals surface area contributed by atoms with Gasteiger partial charge < -0.3 is 5.32 Å². The van der Waals surface area contributed by atoms with E-state index in [4.69, 9.17) is 0 Å². The second-order valence-electron chi connectivity index (χ2n) is 5.83. The highest BCUT2D eigenvalue weighted by Crippen LogP contribution is 2.30. The van der Waals surface area contributed by atoms with Crippen molar-refractivity contribution >= 4 is 5.69 Å². The van der Waals surface area contributed by atoms with Crippen molar-refractivity contribution in [1.82, 2.24) is 0 Å². The van der Waals surface area contributed by atoms with E-state index in [1.165, 1.54) is 25.3 Å². The molecule has 0 saturated heterocycles. The molecule has 18 heavy (non-hydrogen) atoms. The number of para-hydroxylation sites is 1. The normalized spacial score (nSPS) is 24.9. The first-order chi connectivity index (χ1) is 8.66. The first kappa shape index (κ1) is 13.4. The Kier molecular flexibility index (Phi) is 4.62. The van der Waals surface area contributed by atoms with Gasteiger partial charge in [0.05, 0.1) is 5.69 Å². The summed E-state index contributed by atoms with van der Waals surface area (Å²) in [5, 5.41) is 3.37. The summed E-state index contributed by atoms with van der Waals surface area (Å²) in [6, 6.07) is 7.42. The maximum Gasteiger partial charge on any atom is 0.146 e. The summed E-state index contributed by atoms with van der Waals surface area (Å²) in [6.07, 6.45) is 6.18. The molecule has 0 spiro atoms. The van der Waals surface area contributed by atoms with Crippen molar-refractivity contribution in [1.29, 1.82) is 0 Å². The van der Waals surface area contributed by atoms with Crippen LogP contribution < -0.4 is 5.32 Å². The molecule has 0 bridgehead atoms. The number of nitrogens with one attached hydrogen (secondary N) is 1. The Labute approximate surface area is 110 Å². The van der Waals surface area contributed by atoms with Gasteiger partial charge in [-0.15, -0.1) is 0 Å². The van der Waals surface area contributed by atoms with Crippen LogP contribution in [0.5, 0.6) is 0 Å². The number of hydrogen-bond donors (Lipinski definition) is 1. The molecular formula is C16H24FN. The topological polar surface area (TPSA) is 12.0 Å². The lowest BCUT2D eigenvalue weighted by atomic mass is 9.89. The minimum Gasteiger partial charge on any atom is -0.380 e. The summed E-state index contributed by atoms with van der Waals surface area (Å²) in [7, 11) is 0. The molecule has 0 amide bonds. The summed E-state index contributed by atoms with van der Waals surface area (Å²) < 4.78 is 13.6. The Bertz CT molecular complexity index is 375. The number of benzene rings is 1. The molecule has 2 rings (SSSR count). The largest absolute Gasteiger partial charge is 0.380 e. The van der Waals surface area contributed by atoms with Crippen molar-refractivity contribution in [2.75, 3.05) is 5.32 Å². The van der Waals surface area contributed by atoms with Gasteiger partial charge in [0.15, 0.2) is 0 Å². The molecule has 0 radical (unpaired) electrons. The molecule has 1 saturated carbocycles. The molecule has 1 nitrogen and oxygen atoms in total. The van der Waals surface area contributed by atoms with E-state index in [0.717, 1.165) is 24.7 Å². The van der Waals surface area contributed by atoms with Crippen molar-refractivity contribution in [2.45, 2.75) is 52.0 Å². The standard InChI is InChI=1S/C16H24FN/c1-12(2)13-6-5-7-14(11-10-13)18-16-9-4-3-8-15(16)17/h3-4,8-9,12-14,18H,5-7,10-11H2,1-2H3. The highest BCUT2D eigenvalue weighted by Gasteiger charge is 2.21. The smallest absolute Gasteiger partial charge is 0.146 e. The van der Waals surface area contributed by atoms with Gasteiger partial charge in [0, 0.05) is 6.04 Å².